The fourth-order valence-corrected chi connectivity index (χ4v) is 4.87. The molecular formula is C19H24N2O3S. The largest absolute Gasteiger partial charge is 0.358 e. The molecule has 0 radical (unpaired) electrons. The van der Waals surface area contributed by atoms with E-state index in [0.29, 0.717) is 6.54 Å². The first-order valence-electron chi connectivity index (χ1n) is 8.57. The Labute approximate surface area is 148 Å². The molecule has 134 valence electrons. The van der Waals surface area contributed by atoms with Gasteiger partial charge in [0.1, 0.15) is 0 Å². The van der Waals surface area contributed by atoms with Gasteiger partial charge in [0.2, 0.25) is 5.91 Å². The van der Waals surface area contributed by atoms with Crippen molar-refractivity contribution in [1.29, 1.82) is 0 Å². The standard InChI is InChI=1S/C19H24N2O3S/c1-4-17-13(3)16-8-12(2)7-15(19(16)21-17)10-20-18(22)9-14-5-6-25(23,24)11-14/h5-8,14,21H,4,9-11H2,1-3H3,(H,20,22)/t14-/m0/s1. The first kappa shape index (κ1) is 17.7. The number of hydrogen-bond donors (Lipinski definition) is 2. The van der Waals surface area contributed by atoms with Gasteiger partial charge >= 0.3 is 0 Å². The van der Waals surface area contributed by atoms with E-state index in [2.05, 4.69) is 43.2 Å². The Kier molecular flexibility index (Phi) is 4.73. The molecule has 0 saturated carbocycles. The van der Waals surface area contributed by atoms with E-state index in [0.717, 1.165) is 23.1 Å². The van der Waals surface area contributed by atoms with E-state index in [1.54, 1.807) is 6.08 Å². The third kappa shape index (κ3) is 3.79. The van der Waals surface area contributed by atoms with Crippen LogP contribution < -0.4 is 5.32 Å². The lowest BCUT2D eigenvalue weighted by molar-refractivity contribution is -0.121. The molecule has 25 heavy (non-hydrogen) atoms. The molecule has 5 nitrogen and oxygen atoms in total. The Balaban J connectivity index is 1.73. The van der Waals surface area contributed by atoms with Crippen LogP contribution in [0.4, 0.5) is 0 Å². The van der Waals surface area contributed by atoms with Crippen molar-refractivity contribution < 1.29 is 13.2 Å². The SMILES string of the molecule is CCc1[nH]c2c(CNC(=O)C[C@@H]3C=CS(=O)(=O)C3)cc(C)cc2c1C. The van der Waals surface area contributed by atoms with Crippen molar-refractivity contribution in [3.05, 3.63) is 46.0 Å². The predicted octanol–water partition coefficient (Wildman–Crippen LogP) is 2.91. The summed E-state index contributed by atoms with van der Waals surface area (Å²) < 4.78 is 22.9. The average Bonchev–Trinajstić information content (AvgIpc) is 3.04. The van der Waals surface area contributed by atoms with Crippen LogP contribution in [0.5, 0.6) is 0 Å². The van der Waals surface area contributed by atoms with E-state index >= 15 is 0 Å². The number of sulfone groups is 1. The summed E-state index contributed by atoms with van der Waals surface area (Å²) in [6.07, 6.45) is 2.75. The zero-order chi connectivity index (χ0) is 18.2. The highest BCUT2D eigenvalue weighted by atomic mass is 32.2. The minimum atomic E-state index is -3.11. The molecule has 1 aromatic carbocycles. The van der Waals surface area contributed by atoms with Gasteiger partial charge in [0, 0.05) is 35.4 Å². The van der Waals surface area contributed by atoms with E-state index < -0.39 is 9.84 Å². The van der Waals surface area contributed by atoms with Crippen LogP contribution in [0, 0.1) is 19.8 Å². The Morgan fingerprint density at radius 2 is 2.08 bits per heavy atom. The van der Waals surface area contributed by atoms with Gasteiger partial charge in [-0.15, -0.1) is 0 Å². The van der Waals surface area contributed by atoms with Crippen molar-refractivity contribution in [3.8, 4) is 0 Å². The molecule has 2 aromatic rings. The van der Waals surface area contributed by atoms with Crippen molar-refractivity contribution in [2.45, 2.75) is 40.2 Å². The van der Waals surface area contributed by atoms with Crippen LogP contribution in [0.15, 0.2) is 23.6 Å². The molecule has 0 spiro atoms. The predicted molar refractivity (Wildman–Crippen MR) is 100 cm³/mol. The summed E-state index contributed by atoms with van der Waals surface area (Å²) in [6, 6.07) is 4.25. The molecule has 0 fully saturated rings. The lowest BCUT2D eigenvalue weighted by Gasteiger charge is -2.10. The molecule has 2 heterocycles. The number of carbonyl (C=O) groups is 1. The fraction of sp³-hybridized carbons (Fsp3) is 0.421. The first-order valence-corrected chi connectivity index (χ1v) is 10.3. The summed E-state index contributed by atoms with van der Waals surface area (Å²) in [7, 11) is -3.11. The number of aromatic nitrogens is 1. The zero-order valence-electron chi connectivity index (χ0n) is 14.8. The van der Waals surface area contributed by atoms with Gasteiger partial charge in [-0.05, 0) is 37.5 Å². The van der Waals surface area contributed by atoms with Crippen LogP contribution in [0.3, 0.4) is 0 Å². The van der Waals surface area contributed by atoms with Gasteiger partial charge in [-0.2, -0.15) is 0 Å². The average molecular weight is 360 g/mol. The van der Waals surface area contributed by atoms with E-state index in [-0.39, 0.29) is 24.0 Å². The number of carbonyl (C=O) groups excluding carboxylic acids is 1. The lowest BCUT2D eigenvalue weighted by Crippen LogP contribution is -2.25. The number of benzene rings is 1. The van der Waals surface area contributed by atoms with Gasteiger partial charge in [0.15, 0.2) is 9.84 Å². The van der Waals surface area contributed by atoms with Gasteiger partial charge in [0.25, 0.3) is 0 Å². The maximum Gasteiger partial charge on any atom is 0.220 e. The zero-order valence-corrected chi connectivity index (χ0v) is 15.7. The summed E-state index contributed by atoms with van der Waals surface area (Å²) in [4.78, 5) is 15.7. The molecule has 1 atom stereocenters. The molecule has 2 N–H and O–H groups in total. The number of aryl methyl sites for hydroxylation is 3. The highest BCUT2D eigenvalue weighted by Gasteiger charge is 2.23. The smallest absolute Gasteiger partial charge is 0.220 e. The molecule has 0 saturated heterocycles. The van der Waals surface area contributed by atoms with Gasteiger partial charge in [0.05, 0.1) is 11.3 Å². The number of fused-ring (bicyclic) bond motifs is 1. The van der Waals surface area contributed by atoms with Gasteiger partial charge < -0.3 is 10.3 Å². The molecule has 1 aliphatic heterocycles. The van der Waals surface area contributed by atoms with E-state index in [1.807, 2.05) is 0 Å². The summed E-state index contributed by atoms with van der Waals surface area (Å²) in [5, 5.41) is 5.34. The fourth-order valence-electron chi connectivity index (χ4n) is 3.48. The highest BCUT2D eigenvalue weighted by Crippen LogP contribution is 2.27. The molecule has 0 aliphatic carbocycles. The number of aromatic amines is 1. The summed E-state index contributed by atoms with van der Waals surface area (Å²) in [6.45, 7) is 6.72. The van der Waals surface area contributed by atoms with Crippen LogP contribution in [0.2, 0.25) is 0 Å². The summed E-state index contributed by atoms with van der Waals surface area (Å²) >= 11 is 0. The maximum atomic E-state index is 12.2. The van der Waals surface area contributed by atoms with Crippen molar-refractivity contribution in [2.24, 2.45) is 5.92 Å². The number of nitrogens with one attached hydrogen (secondary N) is 2. The Morgan fingerprint density at radius 1 is 1.32 bits per heavy atom. The maximum absolute atomic E-state index is 12.2. The minimum Gasteiger partial charge on any atom is -0.358 e. The minimum absolute atomic E-state index is 0.0325. The van der Waals surface area contributed by atoms with Gasteiger partial charge in [-0.1, -0.05) is 24.6 Å². The molecule has 1 amide bonds. The van der Waals surface area contributed by atoms with Crippen molar-refractivity contribution in [3.63, 3.8) is 0 Å². The third-order valence-corrected chi connectivity index (χ3v) is 6.24. The molecular weight excluding hydrogens is 336 g/mol. The second kappa shape index (κ2) is 6.67. The van der Waals surface area contributed by atoms with Crippen LogP contribution in [0.25, 0.3) is 10.9 Å². The summed E-state index contributed by atoms with van der Waals surface area (Å²) in [5.41, 5.74) is 5.76. The molecule has 3 rings (SSSR count). The molecule has 6 heteroatoms. The van der Waals surface area contributed by atoms with Crippen molar-refractivity contribution in [2.75, 3.05) is 5.75 Å². The third-order valence-electron chi connectivity index (χ3n) is 4.78. The Hall–Kier alpha value is -2.08. The number of hydrogen-bond acceptors (Lipinski definition) is 3. The normalized spacial score (nSPS) is 18.8. The monoisotopic (exact) mass is 360 g/mol. The molecule has 1 aliphatic rings. The van der Waals surface area contributed by atoms with Gasteiger partial charge in [-0.3, -0.25) is 4.79 Å². The molecule has 0 bridgehead atoms. The second-order valence-electron chi connectivity index (χ2n) is 6.83. The van der Waals surface area contributed by atoms with E-state index in [4.69, 9.17) is 0 Å². The van der Waals surface area contributed by atoms with E-state index in [9.17, 15) is 13.2 Å². The molecule has 1 aromatic heterocycles. The lowest BCUT2D eigenvalue weighted by atomic mass is 10.0. The van der Waals surface area contributed by atoms with Crippen LogP contribution >= 0.6 is 0 Å². The van der Waals surface area contributed by atoms with Crippen LogP contribution in [-0.4, -0.2) is 25.1 Å². The van der Waals surface area contributed by atoms with E-state index in [1.165, 1.54) is 22.1 Å². The Bertz CT molecular complexity index is 955. The second-order valence-corrected chi connectivity index (χ2v) is 8.76. The quantitative estimate of drug-likeness (QED) is 0.860. The number of allylic oxidation sites excluding steroid dienone is 1. The van der Waals surface area contributed by atoms with Gasteiger partial charge in [-0.25, -0.2) is 8.42 Å². The highest BCUT2D eigenvalue weighted by molar-refractivity contribution is 7.94. The molecule has 0 unspecified atom stereocenters. The summed E-state index contributed by atoms with van der Waals surface area (Å²) in [5.74, 6) is -0.313. The number of H-pyrrole nitrogens is 1. The topological polar surface area (TPSA) is 79.0 Å². The first-order chi connectivity index (χ1) is 11.8. The van der Waals surface area contributed by atoms with Crippen molar-refractivity contribution >= 4 is 26.6 Å². The Morgan fingerprint density at radius 3 is 2.72 bits per heavy atom. The number of amides is 1. The van der Waals surface area contributed by atoms with Crippen LogP contribution in [-0.2, 0) is 27.6 Å². The number of rotatable bonds is 5. The van der Waals surface area contributed by atoms with Crippen molar-refractivity contribution in [1.82, 2.24) is 10.3 Å². The van der Waals surface area contributed by atoms with Crippen LogP contribution in [0.1, 0.15) is 35.7 Å².